The van der Waals surface area contributed by atoms with Crippen molar-refractivity contribution in [2.24, 2.45) is 0 Å². The number of amides is 1. The van der Waals surface area contributed by atoms with Gasteiger partial charge in [0.25, 0.3) is 5.91 Å². The molecule has 1 aromatic heterocycles. The Morgan fingerprint density at radius 1 is 1.19 bits per heavy atom. The van der Waals surface area contributed by atoms with Crippen LogP contribution >= 0.6 is 0 Å². The number of nitrogens with zero attached hydrogens (tertiary/aromatic N) is 2. The van der Waals surface area contributed by atoms with E-state index in [1.807, 2.05) is 13.0 Å². The molecule has 0 saturated carbocycles. The fraction of sp³-hybridized carbons (Fsp3) is 0.429. The predicted molar refractivity (Wildman–Crippen MR) is 110 cm³/mol. The Balaban J connectivity index is 2.10. The van der Waals surface area contributed by atoms with Gasteiger partial charge in [-0.05, 0) is 43.5 Å². The van der Waals surface area contributed by atoms with Gasteiger partial charge in [0.05, 0.1) is 5.56 Å². The zero-order chi connectivity index (χ0) is 23.0. The van der Waals surface area contributed by atoms with Gasteiger partial charge in [0, 0.05) is 31.6 Å². The lowest BCUT2D eigenvalue weighted by Crippen LogP contribution is -2.35. The minimum absolute atomic E-state index is 0.0496. The Bertz CT molecular complexity index is 994. The second kappa shape index (κ2) is 8.47. The van der Waals surface area contributed by atoms with Crippen molar-refractivity contribution in [1.29, 1.82) is 0 Å². The Labute approximate surface area is 178 Å². The van der Waals surface area contributed by atoms with Crippen LogP contribution in [0.25, 0.3) is 0 Å². The van der Waals surface area contributed by atoms with Gasteiger partial charge in [-0.15, -0.1) is 0 Å². The van der Waals surface area contributed by atoms with Crippen LogP contribution in [0.3, 0.4) is 0 Å². The molecule has 2 aromatic rings. The number of carbonyl (C=O) groups excluding carboxylic acids is 1. The van der Waals surface area contributed by atoms with E-state index in [2.05, 4.69) is 10.3 Å². The van der Waals surface area contributed by atoms with Crippen molar-refractivity contribution in [3.63, 3.8) is 0 Å². The SMILES string of the molecule is [B]c1c(C(F)(F)F)nc(N2CCCC(F)(F)CC2)c(C(=O)Nc2cccc(C)c2)c1C. The molecule has 0 spiro atoms. The summed E-state index contributed by atoms with van der Waals surface area (Å²) in [6.45, 7) is 2.94. The van der Waals surface area contributed by atoms with Crippen LogP contribution < -0.4 is 15.7 Å². The zero-order valence-electron chi connectivity index (χ0n) is 17.1. The largest absolute Gasteiger partial charge is 0.432 e. The molecule has 2 radical (unpaired) electrons. The number of aryl methyl sites for hydroxylation is 1. The maximum Gasteiger partial charge on any atom is 0.432 e. The van der Waals surface area contributed by atoms with Crippen LogP contribution in [-0.2, 0) is 6.18 Å². The maximum absolute atomic E-state index is 13.8. The molecular formula is C21H21BF5N3O. The zero-order valence-corrected chi connectivity index (χ0v) is 17.1. The smallest absolute Gasteiger partial charge is 0.356 e. The molecule has 1 saturated heterocycles. The van der Waals surface area contributed by atoms with E-state index < -0.39 is 35.6 Å². The Morgan fingerprint density at radius 3 is 2.55 bits per heavy atom. The molecule has 1 aliphatic rings. The first kappa shape index (κ1) is 23.0. The number of rotatable bonds is 3. The molecule has 4 nitrogen and oxygen atoms in total. The number of aromatic nitrogens is 1. The molecule has 1 N–H and O–H groups in total. The summed E-state index contributed by atoms with van der Waals surface area (Å²) in [7, 11) is 5.70. The highest BCUT2D eigenvalue weighted by Crippen LogP contribution is 2.34. The Kier molecular flexibility index (Phi) is 6.29. The summed E-state index contributed by atoms with van der Waals surface area (Å²) in [5, 5.41) is 2.65. The van der Waals surface area contributed by atoms with Gasteiger partial charge in [-0.2, -0.15) is 13.2 Å². The van der Waals surface area contributed by atoms with Crippen molar-refractivity contribution in [2.45, 2.75) is 45.2 Å². The number of hydrogen-bond donors (Lipinski definition) is 1. The van der Waals surface area contributed by atoms with E-state index in [0.29, 0.717) is 5.69 Å². The average Bonchev–Trinajstić information content (AvgIpc) is 2.83. The first-order valence-corrected chi connectivity index (χ1v) is 9.77. The number of nitrogens with one attached hydrogen (secondary N) is 1. The lowest BCUT2D eigenvalue weighted by molar-refractivity contribution is -0.140. The number of carbonyl (C=O) groups is 1. The van der Waals surface area contributed by atoms with Gasteiger partial charge in [0.15, 0.2) is 0 Å². The molecule has 1 amide bonds. The summed E-state index contributed by atoms with van der Waals surface area (Å²) in [5.74, 6) is -3.92. The van der Waals surface area contributed by atoms with Crippen molar-refractivity contribution >= 4 is 30.7 Å². The molecule has 1 fully saturated rings. The Morgan fingerprint density at radius 2 is 1.90 bits per heavy atom. The maximum atomic E-state index is 13.8. The van der Waals surface area contributed by atoms with Gasteiger partial charge in [-0.1, -0.05) is 17.6 Å². The van der Waals surface area contributed by atoms with Crippen LogP contribution in [0.1, 0.15) is 46.4 Å². The molecular weight excluding hydrogens is 416 g/mol. The second-order valence-corrected chi connectivity index (χ2v) is 7.72. The van der Waals surface area contributed by atoms with Gasteiger partial charge in [-0.25, -0.2) is 13.8 Å². The summed E-state index contributed by atoms with van der Waals surface area (Å²) >= 11 is 0. The van der Waals surface area contributed by atoms with Crippen LogP contribution in [0.2, 0.25) is 0 Å². The first-order chi connectivity index (χ1) is 14.4. The molecule has 164 valence electrons. The molecule has 1 aliphatic heterocycles. The van der Waals surface area contributed by atoms with E-state index in [0.717, 1.165) is 5.56 Å². The van der Waals surface area contributed by atoms with E-state index in [9.17, 15) is 26.7 Å². The van der Waals surface area contributed by atoms with Gasteiger partial charge < -0.3 is 10.2 Å². The molecule has 0 aliphatic carbocycles. The van der Waals surface area contributed by atoms with Crippen LogP contribution in [0.5, 0.6) is 0 Å². The van der Waals surface area contributed by atoms with Crippen molar-refractivity contribution in [2.75, 3.05) is 23.3 Å². The van der Waals surface area contributed by atoms with Crippen LogP contribution in [-0.4, -0.2) is 37.7 Å². The quantitative estimate of drug-likeness (QED) is 0.573. The van der Waals surface area contributed by atoms with Crippen LogP contribution in [0.15, 0.2) is 24.3 Å². The molecule has 1 aromatic carbocycles. The lowest BCUT2D eigenvalue weighted by Gasteiger charge is -2.27. The van der Waals surface area contributed by atoms with E-state index >= 15 is 0 Å². The van der Waals surface area contributed by atoms with E-state index in [1.165, 1.54) is 11.8 Å². The molecule has 0 unspecified atom stereocenters. The third kappa shape index (κ3) is 5.16. The highest BCUT2D eigenvalue weighted by molar-refractivity contribution is 6.35. The topological polar surface area (TPSA) is 45.2 Å². The van der Waals surface area contributed by atoms with E-state index in [4.69, 9.17) is 7.85 Å². The molecule has 10 heteroatoms. The summed E-state index contributed by atoms with van der Waals surface area (Å²) in [5.41, 5.74) is -0.935. The van der Waals surface area contributed by atoms with Gasteiger partial charge in [0.2, 0.25) is 5.92 Å². The van der Waals surface area contributed by atoms with Crippen molar-refractivity contribution in [3.8, 4) is 0 Å². The second-order valence-electron chi connectivity index (χ2n) is 7.72. The highest BCUT2D eigenvalue weighted by atomic mass is 19.4. The first-order valence-electron chi connectivity index (χ1n) is 9.77. The monoisotopic (exact) mass is 437 g/mol. The Hall–Kier alpha value is -2.65. The van der Waals surface area contributed by atoms with Crippen LogP contribution in [0.4, 0.5) is 33.5 Å². The lowest BCUT2D eigenvalue weighted by atomic mass is 9.86. The van der Waals surface area contributed by atoms with Crippen molar-refractivity contribution in [3.05, 3.63) is 46.6 Å². The van der Waals surface area contributed by atoms with Gasteiger partial charge in [-0.3, -0.25) is 4.79 Å². The number of hydrogen-bond acceptors (Lipinski definition) is 3. The third-order valence-electron chi connectivity index (χ3n) is 5.26. The minimum atomic E-state index is -4.86. The van der Waals surface area contributed by atoms with Gasteiger partial charge >= 0.3 is 6.18 Å². The summed E-state index contributed by atoms with van der Waals surface area (Å²) in [4.78, 5) is 18.1. The highest BCUT2D eigenvalue weighted by Gasteiger charge is 2.39. The standard InChI is InChI=1S/C21H21BF5N3O/c1-12-5-3-6-14(11-12)28-19(31)15-13(2)16(22)17(21(25,26)27)29-18(15)30-9-4-7-20(23,24)8-10-30/h3,5-6,11H,4,7-10H2,1-2H3,(H,28,31). The number of pyridine rings is 1. The van der Waals surface area contributed by atoms with Crippen LogP contribution in [0, 0.1) is 13.8 Å². The minimum Gasteiger partial charge on any atom is -0.356 e. The fourth-order valence-corrected chi connectivity index (χ4v) is 3.61. The van der Waals surface area contributed by atoms with Crippen molar-refractivity contribution in [1.82, 2.24) is 4.98 Å². The number of benzene rings is 1. The normalized spacial score (nSPS) is 16.7. The molecule has 2 heterocycles. The van der Waals surface area contributed by atoms with E-state index in [1.54, 1.807) is 18.2 Å². The summed E-state index contributed by atoms with van der Waals surface area (Å²) in [6.07, 6.45) is -5.73. The predicted octanol–water partition coefficient (Wildman–Crippen LogP) is 4.39. The van der Waals surface area contributed by atoms with Crippen molar-refractivity contribution < 1.29 is 26.7 Å². The summed E-state index contributed by atoms with van der Waals surface area (Å²) in [6, 6.07) is 6.86. The third-order valence-corrected chi connectivity index (χ3v) is 5.26. The van der Waals surface area contributed by atoms with E-state index in [-0.39, 0.29) is 42.9 Å². The molecule has 0 bridgehead atoms. The van der Waals surface area contributed by atoms with Gasteiger partial charge in [0.1, 0.15) is 19.4 Å². The number of halogens is 5. The summed E-state index contributed by atoms with van der Waals surface area (Å²) < 4.78 is 68.2. The molecule has 3 rings (SSSR count). The average molecular weight is 437 g/mol. The fourth-order valence-electron chi connectivity index (χ4n) is 3.61. The molecule has 0 atom stereocenters. The number of alkyl halides is 5. The molecule has 31 heavy (non-hydrogen) atoms. The number of anilines is 2.